The molecule has 3 aliphatic carbocycles. The van der Waals surface area contributed by atoms with Gasteiger partial charge in [0.1, 0.15) is 11.2 Å². The first kappa shape index (κ1) is 29.7. The number of anilines is 3. The topological polar surface area (TPSA) is 16.4 Å². The molecule has 2 unspecified atom stereocenters. The zero-order chi connectivity index (χ0) is 36.7. The molecule has 56 heavy (non-hydrogen) atoms. The van der Waals surface area contributed by atoms with E-state index in [1.54, 1.807) is 0 Å². The van der Waals surface area contributed by atoms with Crippen LogP contribution in [0.2, 0.25) is 0 Å². The SMILES string of the molecule is CC1(C)C2c3ccccc3C13c1cc(-c4ccccc4)cc4c1N(c1cc5oc6ccccc6c5cc1C41c4ccccc4-c4ccccc41)c1cccc2c13. The monoisotopic (exact) mass is 713 g/mol. The van der Waals surface area contributed by atoms with Gasteiger partial charge in [-0.05, 0) is 108 Å². The van der Waals surface area contributed by atoms with Crippen LogP contribution in [0, 0.1) is 5.41 Å². The third-order valence-corrected chi connectivity index (χ3v) is 14.7. The summed E-state index contributed by atoms with van der Waals surface area (Å²) in [5.74, 6) is 0.283. The number of furan rings is 1. The Bertz CT molecular complexity index is 3210. The lowest BCUT2D eigenvalue weighted by atomic mass is 9.55. The Morgan fingerprint density at radius 1 is 0.464 bits per heavy atom. The molecule has 2 spiro atoms. The Morgan fingerprint density at radius 3 is 1.93 bits per heavy atom. The third kappa shape index (κ3) is 2.99. The van der Waals surface area contributed by atoms with E-state index in [0.717, 1.165) is 21.9 Å². The smallest absolute Gasteiger partial charge is 0.137 e. The van der Waals surface area contributed by atoms with Gasteiger partial charge in [-0.1, -0.05) is 147 Å². The molecular weight excluding hydrogens is 679 g/mol. The molecule has 2 nitrogen and oxygen atoms in total. The van der Waals surface area contributed by atoms with Crippen molar-refractivity contribution in [3.63, 3.8) is 0 Å². The van der Waals surface area contributed by atoms with Crippen LogP contribution in [-0.2, 0) is 10.8 Å². The van der Waals surface area contributed by atoms with Crippen LogP contribution in [0.25, 0.3) is 44.2 Å². The molecule has 0 amide bonds. The van der Waals surface area contributed by atoms with Crippen LogP contribution in [0.15, 0.2) is 174 Å². The highest BCUT2D eigenvalue weighted by molar-refractivity contribution is 6.10. The summed E-state index contributed by atoms with van der Waals surface area (Å²) < 4.78 is 6.76. The van der Waals surface area contributed by atoms with E-state index in [4.69, 9.17) is 4.42 Å². The molecule has 2 bridgehead atoms. The summed E-state index contributed by atoms with van der Waals surface area (Å²) in [6.07, 6.45) is 0. The lowest BCUT2D eigenvalue weighted by Crippen LogP contribution is -2.46. The van der Waals surface area contributed by atoms with Gasteiger partial charge in [0.2, 0.25) is 0 Å². The molecule has 3 heterocycles. The van der Waals surface area contributed by atoms with Crippen molar-refractivity contribution in [1.29, 1.82) is 0 Å². The standard InChI is InChI=1S/C54H35NO/c1-52(2)49-36-20-8-12-24-41(36)54(52)44-28-32(31-15-4-3-5-16-31)27-43-51(44)55(45-25-14-21-37(49)50(45)54)46-30-48-38(35-19-9-13-26-47(35)56-48)29-42(46)53(43)39-22-10-6-17-33(39)34-18-7-11-23-40(34)53/h3-30,49H,1-2H3. The van der Waals surface area contributed by atoms with Gasteiger partial charge in [-0.25, -0.2) is 0 Å². The number of hydrogen-bond acceptors (Lipinski definition) is 2. The molecule has 2 heteroatoms. The summed E-state index contributed by atoms with van der Waals surface area (Å²) in [6.45, 7) is 5.09. The highest BCUT2D eigenvalue weighted by Gasteiger charge is 2.69. The average molecular weight is 714 g/mol. The summed E-state index contributed by atoms with van der Waals surface area (Å²) in [6, 6.07) is 64.5. The Kier molecular flexibility index (Phi) is 5.08. The van der Waals surface area contributed by atoms with E-state index in [1.165, 1.54) is 89.4 Å². The highest BCUT2D eigenvalue weighted by Crippen LogP contribution is 2.79. The van der Waals surface area contributed by atoms with Gasteiger partial charge in [0.25, 0.3) is 0 Å². The minimum absolute atomic E-state index is 0.119. The van der Waals surface area contributed by atoms with Crippen LogP contribution >= 0.6 is 0 Å². The van der Waals surface area contributed by atoms with Gasteiger partial charge in [-0.2, -0.15) is 0 Å². The van der Waals surface area contributed by atoms with E-state index in [1.807, 2.05) is 0 Å². The fraction of sp³-hybridized carbons (Fsp3) is 0.111. The summed E-state index contributed by atoms with van der Waals surface area (Å²) in [5.41, 5.74) is 22.3. The van der Waals surface area contributed by atoms with E-state index < -0.39 is 5.41 Å². The van der Waals surface area contributed by atoms with Crippen LogP contribution in [-0.4, -0.2) is 0 Å². The van der Waals surface area contributed by atoms with Crippen LogP contribution < -0.4 is 4.90 Å². The molecule has 262 valence electrons. The van der Waals surface area contributed by atoms with Gasteiger partial charge in [-0.15, -0.1) is 0 Å². The van der Waals surface area contributed by atoms with Crippen molar-refractivity contribution in [3.8, 4) is 22.3 Å². The number of benzene rings is 8. The first-order valence-corrected chi connectivity index (χ1v) is 20.0. The first-order valence-electron chi connectivity index (χ1n) is 20.0. The maximum atomic E-state index is 6.76. The van der Waals surface area contributed by atoms with E-state index in [9.17, 15) is 0 Å². The largest absolute Gasteiger partial charge is 0.456 e. The van der Waals surface area contributed by atoms with Crippen LogP contribution in [0.1, 0.15) is 69.8 Å². The predicted octanol–water partition coefficient (Wildman–Crippen LogP) is 13.5. The predicted molar refractivity (Wildman–Crippen MR) is 227 cm³/mol. The van der Waals surface area contributed by atoms with Gasteiger partial charge in [0.05, 0.1) is 27.9 Å². The maximum Gasteiger partial charge on any atom is 0.137 e. The number of nitrogens with zero attached hydrogens (tertiary/aromatic N) is 1. The van der Waals surface area contributed by atoms with Crippen molar-refractivity contribution < 1.29 is 4.42 Å². The Labute approximate surface area is 325 Å². The lowest BCUT2D eigenvalue weighted by Gasteiger charge is -2.54. The average Bonchev–Trinajstić information content (AvgIpc) is 3.88. The van der Waals surface area contributed by atoms with Gasteiger partial charge in [-0.3, -0.25) is 0 Å². The zero-order valence-electron chi connectivity index (χ0n) is 31.1. The molecule has 14 rings (SSSR count). The number of hydrogen-bond donors (Lipinski definition) is 0. The van der Waals surface area contributed by atoms with Crippen molar-refractivity contribution in [2.75, 3.05) is 4.90 Å². The van der Waals surface area contributed by atoms with Crippen LogP contribution in [0.4, 0.5) is 17.1 Å². The molecule has 9 aromatic rings. The van der Waals surface area contributed by atoms with E-state index in [2.05, 4.69) is 189 Å². The molecule has 1 aromatic heterocycles. The lowest BCUT2D eigenvalue weighted by molar-refractivity contribution is 0.270. The van der Waals surface area contributed by atoms with Crippen molar-refractivity contribution >= 4 is 39.0 Å². The van der Waals surface area contributed by atoms with Crippen molar-refractivity contribution in [3.05, 3.63) is 220 Å². The molecule has 2 aliphatic heterocycles. The summed E-state index contributed by atoms with van der Waals surface area (Å²) in [5, 5.41) is 2.31. The molecule has 2 atom stereocenters. The van der Waals surface area contributed by atoms with Crippen molar-refractivity contribution in [1.82, 2.24) is 0 Å². The molecular formula is C54H35NO. The molecule has 0 saturated heterocycles. The van der Waals surface area contributed by atoms with Gasteiger partial charge >= 0.3 is 0 Å². The molecule has 0 fully saturated rings. The second-order valence-corrected chi connectivity index (χ2v) is 17.2. The van der Waals surface area contributed by atoms with E-state index in [0.29, 0.717) is 0 Å². The maximum absolute atomic E-state index is 6.76. The minimum atomic E-state index is -0.591. The molecule has 0 radical (unpaired) electrons. The molecule has 8 aromatic carbocycles. The van der Waals surface area contributed by atoms with Crippen molar-refractivity contribution in [2.45, 2.75) is 30.6 Å². The molecule has 5 aliphatic rings. The Morgan fingerprint density at radius 2 is 1.12 bits per heavy atom. The summed E-state index contributed by atoms with van der Waals surface area (Å²) in [7, 11) is 0. The number of para-hydroxylation sites is 1. The summed E-state index contributed by atoms with van der Waals surface area (Å²) in [4.78, 5) is 2.65. The van der Waals surface area contributed by atoms with Gasteiger partial charge < -0.3 is 9.32 Å². The van der Waals surface area contributed by atoms with E-state index >= 15 is 0 Å². The van der Waals surface area contributed by atoms with Gasteiger partial charge in [0, 0.05) is 22.8 Å². The fourth-order valence-corrected chi connectivity index (χ4v) is 12.9. The number of rotatable bonds is 1. The van der Waals surface area contributed by atoms with E-state index in [-0.39, 0.29) is 16.7 Å². The first-order chi connectivity index (χ1) is 27.5. The van der Waals surface area contributed by atoms with Crippen LogP contribution in [0.5, 0.6) is 0 Å². The minimum Gasteiger partial charge on any atom is -0.456 e. The zero-order valence-corrected chi connectivity index (χ0v) is 31.1. The fourth-order valence-electron chi connectivity index (χ4n) is 12.9. The third-order valence-electron chi connectivity index (χ3n) is 14.7. The number of fused-ring (bicyclic) bond motifs is 17. The summed E-state index contributed by atoms with van der Waals surface area (Å²) >= 11 is 0. The van der Waals surface area contributed by atoms with Crippen LogP contribution in [0.3, 0.4) is 0 Å². The Hall–Kier alpha value is -6.64. The molecule has 0 saturated carbocycles. The molecule has 0 N–H and O–H groups in total. The normalized spacial score (nSPS) is 20.1. The Balaban J connectivity index is 1.25. The quantitative estimate of drug-likeness (QED) is 0.168. The van der Waals surface area contributed by atoms with Crippen molar-refractivity contribution in [2.24, 2.45) is 5.41 Å². The second-order valence-electron chi connectivity index (χ2n) is 17.2. The van der Waals surface area contributed by atoms with Gasteiger partial charge in [0.15, 0.2) is 0 Å². The second kappa shape index (κ2) is 9.59. The highest BCUT2D eigenvalue weighted by atomic mass is 16.3.